The number of hydrogen-bond donors (Lipinski definition) is 1. The van der Waals surface area contributed by atoms with Crippen molar-refractivity contribution >= 4 is 17.4 Å². The summed E-state index contributed by atoms with van der Waals surface area (Å²) in [6, 6.07) is 7.10. The summed E-state index contributed by atoms with van der Waals surface area (Å²) < 4.78 is 5.58. The van der Waals surface area contributed by atoms with Crippen LogP contribution < -0.4 is 10.1 Å². The maximum absolute atomic E-state index is 10.9. The van der Waals surface area contributed by atoms with Gasteiger partial charge in [0.2, 0.25) is 5.91 Å². The van der Waals surface area contributed by atoms with Gasteiger partial charge in [0.05, 0.1) is 0 Å². The molecule has 1 rings (SSSR count). The minimum absolute atomic E-state index is 0.0931. The van der Waals surface area contributed by atoms with Crippen LogP contribution in [0.15, 0.2) is 24.3 Å². The SMILES string of the molecule is CC(=O)CC(C)Oc1cccc(NC(C)=O)c1. The van der Waals surface area contributed by atoms with E-state index < -0.39 is 0 Å². The molecule has 1 aromatic carbocycles. The van der Waals surface area contributed by atoms with E-state index in [0.29, 0.717) is 17.9 Å². The fraction of sp³-hybridized carbons (Fsp3) is 0.385. The van der Waals surface area contributed by atoms with Crippen molar-refractivity contribution in [3.63, 3.8) is 0 Å². The van der Waals surface area contributed by atoms with Gasteiger partial charge in [0, 0.05) is 25.1 Å². The zero-order valence-corrected chi connectivity index (χ0v) is 10.3. The van der Waals surface area contributed by atoms with Crippen LogP contribution in [-0.2, 0) is 9.59 Å². The summed E-state index contributed by atoms with van der Waals surface area (Å²) in [7, 11) is 0. The number of anilines is 1. The Morgan fingerprint density at radius 1 is 1.35 bits per heavy atom. The van der Waals surface area contributed by atoms with Crippen LogP contribution in [0, 0.1) is 0 Å². The highest BCUT2D eigenvalue weighted by Gasteiger charge is 2.07. The van der Waals surface area contributed by atoms with Gasteiger partial charge in [0.15, 0.2) is 0 Å². The van der Waals surface area contributed by atoms with Crippen LogP contribution in [0.25, 0.3) is 0 Å². The third-order valence-electron chi connectivity index (χ3n) is 2.07. The molecule has 92 valence electrons. The van der Waals surface area contributed by atoms with E-state index in [1.165, 1.54) is 13.8 Å². The van der Waals surface area contributed by atoms with E-state index in [2.05, 4.69) is 5.32 Å². The molecule has 1 aromatic rings. The van der Waals surface area contributed by atoms with Gasteiger partial charge < -0.3 is 10.1 Å². The number of rotatable bonds is 5. The lowest BCUT2D eigenvalue weighted by Gasteiger charge is -2.14. The monoisotopic (exact) mass is 235 g/mol. The summed E-state index contributed by atoms with van der Waals surface area (Å²) in [4.78, 5) is 21.8. The molecule has 17 heavy (non-hydrogen) atoms. The average molecular weight is 235 g/mol. The van der Waals surface area contributed by atoms with Crippen molar-refractivity contribution < 1.29 is 14.3 Å². The number of carbonyl (C=O) groups excluding carboxylic acids is 2. The molecule has 0 saturated carbocycles. The maximum Gasteiger partial charge on any atom is 0.221 e. The number of Topliss-reactive ketones (excluding diaryl/α,β-unsaturated/α-hetero) is 1. The third-order valence-corrected chi connectivity index (χ3v) is 2.07. The van der Waals surface area contributed by atoms with Crippen LogP contribution in [-0.4, -0.2) is 17.8 Å². The van der Waals surface area contributed by atoms with Crippen molar-refractivity contribution in [2.45, 2.75) is 33.3 Å². The highest BCUT2D eigenvalue weighted by Crippen LogP contribution is 2.19. The number of nitrogens with one attached hydrogen (secondary N) is 1. The first-order chi connectivity index (χ1) is 7.97. The molecule has 0 aliphatic carbocycles. The number of amides is 1. The lowest BCUT2D eigenvalue weighted by molar-refractivity contribution is -0.118. The Balaban J connectivity index is 2.65. The predicted molar refractivity (Wildman–Crippen MR) is 66.1 cm³/mol. The van der Waals surface area contributed by atoms with Gasteiger partial charge in [-0.15, -0.1) is 0 Å². The smallest absolute Gasteiger partial charge is 0.221 e. The molecule has 0 aliphatic rings. The summed E-state index contributed by atoms with van der Waals surface area (Å²) in [5.41, 5.74) is 0.685. The van der Waals surface area contributed by atoms with Gasteiger partial charge in [-0.25, -0.2) is 0 Å². The van der Waals surface area contributed by atoms with Crippen molar-refractivity contribution in [3.05, 3.63) is 24.3 Å². The number of hydrogen-bond acceptors (Lipinski definition) is 3. The number of ether oxygens (including phenoxy) is 1. The van der Waals surface area contributed by atoms with E-state index in [9.17, 15) is 9.59 Å². The number of benzene rings is 1. The molecule has 0 aliphatic heterocycles. The van der Waals surface area contributed by atoms with E-state index in [1.807, 2.05) is 6.92 Å². The summed E-state index contributed by atoms with van der Waals surface area (Å²) in [6.07, 6.45) is 0.213. The van der Waals surface area contributed by atoms with Gasteiger partial charge in [-0.2, -0.15) is 0 Å². The molecule has 0 fully saturated rings. The van der Waals surface area contributed by atoms with Crippen LogP contribution in [0.5, 0.6) is 5.75 Å². The zero-order valence-electron chi connectivity index (χ0n) is 10.3. The standard InChI is InChI=1S/C13H17NO3/c1-9(15)7-10(2)17-13-6-4-5-12(8-13)14-11(3)16/h4-6,8,10H,7H2,1-3H3,(H,14,16). The van der Waals surface area contributed by atoms with E-state index in [0.717, 1.165) is 0 Å². The molecule has 4 nitrogen and oxygen atoms in total. The molecule has 1 amide bonds. The highest BCUT2D eigenvalue weighted by atomic mass is 16.5. The Labute approximate surface area is 101 Å². The molecular weight excluding hydrogens is 218 g/mol. The average Bonchev–Trinajstić information content (AvgIpc) is 2.14. The Morgan fingerprint density at radius 2 is 2.06 bits per heavy atom. The van der Waals surface area contributed by atoms with Crippen molar-refractivity contribution in [3.8, 4) is 5.75 Å². The Bertz CT molecular complexity index is 415. The van der Waals surface area contributed by atoms with E-state index >= 15 is 0 Å². The maximum atomic E-state index is 10.9. The van der Waals surface area contributed by atoms with Gasteiger partial charge in [-0.1, -0.05) is 6.07 Å². The molecule has 0 bridgehead atoms. The largest absolute Gasteiger partial charge is 0.490 e. The first kappa shape index (κ1) is 13.2. The van der Waals surface area contributed by atoms with Crippen molar-refractivity contribution in [2.24, 2.45) is 0 Å². The van der Waals surface area contributed by atoms with Crippen molar-refractivity contribution in [2.75, 3.05) is 5.32 Å². The van der Waals surface area contributed by atoms with Crippen LogP contribution in [0.3, 0.4) is 0 Å². The normalized spacial score (nSPS) is 11.7. The van der Waals surface area contributed by atoms with Crippen LogP contribution >= 0.6 is 0 Å². The number of ketones is 1. The Kier molecular flexibility index (Phi) is 4.69. The Morgan fingerprint density at radius 3 is 2.65 bits per heavy atom. The summed E-state index contributed by atoms with van der Waals surface area (Å²) in [5, 5.41) is 2.67. The van der Waals surface area contributed by atoms with Crippen molar-refractivity contribution in [1.29, 1.82) is 0 Å². The van der Waals surface area contributed by atoms with Gasteiger partial charge in [-0.3, -0.25) is 9.59 Å². The molecule has 4 heteroatoms. The van der Waals surface area contributed by atoms with Gasteiger partial charge >= 0.3 is 0 Å². The fourth-order valence-corrected chi connectivity index (χ4v) is 1.53. The van der Waals surface area contributed by atoms with Crippen LogP contribution in [0.1, 0.15) is 27.2 Å². The molecule has 0 radical (unpaired) electrons. The first-order valence-electron chi connectivity index (χ1n) is 5.51. The molecule has 0 heterocycles. The molecule has 1 atom stereocenters. The lowest BCUT2D eigenvalue weighted by Crippen LogP contribution is -2.15. The molecular formula is C13H17NO3. The predicted octanol–water partition coefficient (Wildman–Crippen LogP) is 2.39. The van der Waals surface area contributed by atoms with Gasteiger partial charge in [-0.05, 0) is 26.0 Å². The Hall–Kier alpha value is -1.84. The highest BCUT2D eigenvalue weighted by molar-refractivity contribution is 5.88. The number of carbonyl (C=O) groups is 2. The van der Waals surface area contributed by atoms with Gasteiger partial charge in [0.25, 0.3) is 0 Å². The molecule has 1 N–H and O–H groups in total. The molecule has 0 saturated heterocycles. The second-order valence-corrected chi connectivity index (χ2v) is 4.04. The first-order valence-corrected chi connectivity index (χ1v) is 5.51. The molecule has 1 unspecified atom stereocenters. The second kappa shape index (κ2) is 6.03. The van der Waals surface area contributed by atoms with E-state index in [1.54, 1.807) is 24.3 Å². The zero-order chi connectivity index (χ0) is 12.8. The molecule has 0 spiro atoms. The van der Waals surface area contributed by atoms with E-state index in [-0.39, 0.29) is 17.8 Å². The lowest BCUT2D eigenvalue weighted by atomic mass is 10.2. The summed E-state index contributed by atoms with van der Waals surface area (Å²) in [6.45, 7) is 4.83. The second-order valence-electron chi connectivity index (χ2n) is 4.04. The summed E-state index contributed by atoms with van der Waals surface area (Å²) >= 11 is 0. The minimum Gasteiger partial charge on any atom is -0.490 e. The van der Waals surface area contributed by atoms with E-state index in [4.69, 9.17) is 4.74 Å². The topological polar surface area (TPSA) is 55.4 Å². The summed E-state index contributed by atoms with van der Waals surface area (Å²) in [5.74, 6) is 0.611. The van der Waals surface area contributed by atoms with Crippen LogP contribution in [0.2, 0.25) is 0 Å². The quantitative estimate of drug-likeness (QED) is 0.852. The van der Waals surface area contributed by atoms with Crippen LogP contribution in [0.4, 0.5) is 5.69 Å². The third kappa shape index (κ3) is 5.15. The molecule has 0 aromatic heterocycles. The fourth-order valence-electron chi connectivity index (χ4n) is 1.53. The minimum atomic E-state index is -0.167. The van der Waals surface area contributed by atoms with Crippen molar-refractivity contribution in [1.82, 2.24) is 0 Å². The van der Waals surface area contributed by atoms with Gasteiger partial charge in [0.1, 0.15) is 17.6 Å².